The molecule has 0 saturated heterocycles. The first-order valence-electron chi connectivity index (χ1n) is 8.79. The summed E-state index contributed by atoms with van der Waals surface area (Å²) >= 11 is 1.58. The standard InChI is InChI=1S/C21H30N2O2S/c1-6-20(15-24-14-19-10-8-7-9-11-19)25-18(3)21(13-23-5)26-16-17(2)12-22-4/h7-13,16,18,20H,5-6,14-15H2,1-4H3/b17-16+,21-13+,22-12?. The number of nitrogens with zero attached hydrogens (tertiary/aromatic N) is 2. The Labute approximate surface area is 162 Å². The molecule has 0 fully saturated rings. The zero-order chi connectivity index (χ0) is 19.2. The van der Waals surface area contributed by atoms with Gasteiger partial charge in [0.15, 0.2) is 0 Å². The molecular formula is C21H30N2O2S. The number of thioether (sulfide) groups is 1. The predicted molar refractivity (Wildman–Crippen MR) is 114 cm³/mol. The van der Waals surface area contributed by atoms with Gasteiger partial charge in [0.2, 0.25) is 0 Å². The van der Waals surface area contributed by atoms with E-state index >= 15 is 0 Å². The molecule has 0 heterocycles. The van der Waals surface area contributed by atoms with Crippen LogP contribution in [-0.4, -0.2) is 38.8 Å². The van der Waals surface area contributed by atoms with E-state index in [0.717, 1.165) is 16.9 Å². The monoisotopic (exact) mass is 374 g/mol. The smallest absolute Gasteiger partial charge is 0.0878 e. The summed E-state index contributed by atoms with van der Waals surface area (Å²) in [5, 5.41) is 2.04. The fourth-order valence-electron chi connectivity index (χ4n) is 2.21. The number of aliphatic imine (C=N–C) groups is 2. The molecule has 0 aliphatic heterocycles. The minimum atomic E-state index is -0.0848. The molecule has 0 bridgehead atoms. The van der Waals surface area contributed by atoms with Crippen molar-refractivity contribution in [1.29, 1.82) is 0 Å². The number of hydrogen-bond donors (Lipinski definition) is 0. The second-order valence-corrected chi connectivity index (χ2v) is 6.83. The molecule has 0 aliphatic rings. The number of ether oxygens (including phenoxy) is 2. The molecule has 2 unspecified atom stereocenters. The van der Waals surface area contributed by atoms with Crippen molar-refractivity contribution in [3.8, 4) is 0 Å². The zero-order valence-electron chi connectivity index (χ0n) is 16.2. The summed E-state index contributed by atoms with van der Waals surface area (Å²) in [7, 11) is 1.76. The highest BCUT2D eigenvalue weighted by Gasteiger charge is 2.16. The van der Waals surface area contributed by atoms with Crippen molar-refractivity contribution in [3.63, 3.8) is 0 Å². The van der Waals surface area contributed by atoms with Crippen LogP contribution in [0, 0.1) is 0 Å². The average molecular weight is 375 g/mol. The summed E-state index contributed by atoms with van der Waals surface area (Å²) in [5.74, 6) is 0. The first-order valence-corrected chi connectivity index (χ1v) is 9.67. The summed E-state index contributed by atoms with van der Waals surface area (Å²) in [4.78, 5) is 8.93. The summed E-state index contributed by atoms with van der Waals surface area (Å²) in [5.41, 5.74) is 2.25. The SMILES string of the molecule is C=N/C=C(/S/C=C(\C)C=NC)C(C)OC(CC)COCc1ccccc1. The second-order valence-electron chi connectivity index (χ2n) is 5.89. The van der Waals surface area contributed by atoms with Crippen LogP contribution >= 0.6 is 11.8 Å². The Bertz CT molecular complexity index is 612. The van der Waals surface area contributed by atoms with Gasteiger partial charge in [-0.05, 0) is 43.5 Å². The normalized spacial score (nSPS) is 15.2. The minimum Gasteiger partial charge on any atom is -0.374 e. The van der Waals surface area contributed by atoms with Gasteiger partial charge in [-0.25, -0.2) is 0 Å². The predicted octanol–water partition coefficient (Wildman–Crippen LogP) is 5.27. The molecular weight excluding hydrogens is 344 g/mol. The van der Waals surface area contributed by atoms with E-state index in [4.69, 9.17) is 9.47 Å². The van der Waals surface area contributed by atoms with Gasteiger partial charge in [-0.2, -0.15) is 0 Å². The third-order valence-corrected chi connectivity index (χ3v) is 4.80. The third-order valence-electron chi connectivity index (χ3n) is 3.60. The van der Waals surface area contributed by atoms with Gasteiger partial charge in [0.05, 0.1) is 25.4 Å². The van der Waals surface area contributed by atoms with Crippen LogP contribution in [0.1, 0.15) is 32.8 Å². The van der Waals surface area contributed by atoms with Crippen LogP contribution in [-0.2, 0) is 16.1 Å². The molecule has 0 aliphatic carbocycles. The Hall–Kier alpha value is -1.69. The van der Waals surface area contributed by atoms with E-state index in [-0.39, 0.29) is 12.2 Å². The maximum Gasteiger partial charge on any atom is 0.0878 e. The van der Waals surface area contributed by atoms with E-state index < -0.39 is 0 Å². The van der Waals surface area contributed by atoms with Crippen LogP contribution < -0.4 is 0 Å². The zero-order valence-corrected chi connectivity index (χ0v) is 17.0. The summed E-state index contributed by atoms with van der Waals surface area (Å²) < 4.78 is 12.0. The molecule has 0 amide bonds. The van der Waals surface area contributed by atoms with E-state index in [9.17, 15) is 0 Å². The molecule has 0 N–H and O–H groups in total. The number of allylic oxidation sites excluding steroid dienone is 1. The average Bonchev–Trinajstić information content (AvgIpc) is 2.65. The Balaban J connectivity index is 2.55. The number of benzene rings is 1. The maximum absolute atomic E-state index is 6.18. The third kappa shape index (κ3) is 9.13. The van der Waals surface area contributed by atoms with E-state index in [1.165, 1.54) is 5.56 Å². The molecule has 4 nitrogen and oxygen atoms in total. The highest BCUT2D eigenvalue weighted by molar-refractivity contribution is 8.05. The Morgan fingerprint density at radius 1 is 1.31 bits per heavy atom. The van der Waals surface area contributed by atoms with Gasteiger partial charge >= 0.3 is 0 Å². The molecule has 5 heteroatoms. The van der Waals surface area contributed by atoms with Crippen LogP contribution in [0.2, 0.25) is 0 Å². The molecule has 0 spiro atoms. The fraction of sp³-hybridized carbons (Fsp3) is 0.429. The molecule has 0 radical (unpaired) electrons. The topological polar surface area (TPSA) is 43.2 Å². The lowest BCUT2D eigenvalue weighted by atomic mass is 10.2. The van der Waals surface area contributed by atoms with E-state index in [1.54, 1.807) is 25.0 Å². The maximum atomic E-state index is 6.18. The van der Waals surface area contributed by atoms with Crippen LogP contribution in [0.15, 0.2) is 62.4 Å². The molecule has 0 aromatic heterocycles. The van der Waals surface area contributed by atoms with Gasteiger partial charge in [0.1, 0.15) is 0 Å². The first-order chi connectivity index (χ1) is 12.6. The van der Waals surface area contributed by atoms with Gasteiger partial charge in [0, 0.05) is 24.4 Å². The largest absolute Gasteiger partial charge is 0.374 e. The molecule has 2 atom stereocenters. The van der Waals surface area contributed by atoms with E-state index in [0.29, 0.717) is 13.2 Å². The Morgan fingerprint density at radius 3 is 2.65 bits per heavy atom. The Morgan fingerprint density at radius 2 is 2.04 bits per heavy atom. The van der Waals surface area contributed by atoms with Crippen molar-refractivity contribution in [2.45, 2.75) is 46.0 Å². The summed E-state index contributed by atoms with van der Waals surface area (Å²) in [6.45, 7) is 10.9. The molecule has 1 rings (SSSR count). The van der Waals surface area contributed by atoms with Gasteiger partial charge in [-0.3, -0.25) is 9.98 Å². The Kier molecular flexibility index (Phi) is 11.6. The van der Waals surface area contributed by atoms with Crippen molar-refractivity contribution >= 4 is 24.7 Å². The van der Waals surface area contributed by atoms with E-state index in [1.807, 2.05) is 43.7 Å². The molecule has 142 valence electrons. The summed E-state index contributed by atoms with van der Waals surface area (Å²) in [6, 6.07) is 10.2. The first kappa shape index (κ1) is 22.4. The van der Waals surface area contributed by atoms with Crippen LogP contribution in [0.4, 0.5) is 0 Å². The quantitative estimate of drug-likeness (QED) is 0.468. The van der Waals surface area contributed by atoms with Crippen LogP contribution in [0.3, 0.4) is 0 Å². The van der Waals surface area contributed by atoms with Crippen molar-refractivity contribution in [2.75, 3.05) is 13.7 Å². The molecule has 1 aromatic rings. The lowest BCUT2D eigenvalue weighted by molar-refractivity contribution is -0.0418. The second kappa shape index (κ2) is 13.5. The lowest BCUT2D eigenvalue weighted by Gasteiger charge is -2.22. The van der Waals surface area contributed by atoms with Gasteiger partial charge in [-0.1, -0.05) is 49.0 Å². The lowest BCUT2D eigenvalue weighted by Crippen LogP contribution is -2.24. The van der Waals surface area contributed by atoms with Gasteiger partial charge in [0.25, 0.3) is 0 Å². The summed E-state index contributed by atoms with van der Waals surface area (Å²) in [6.07, 6.45) is 4.41. The molecule has 0 saturated carbocycles. The fourth-order valence-corrected chi connectivity index (χ4v) is 2.97. The van der Waals surface area contributed by atoms with Gasteiger partial charge < -0.3 is 9.47 Å². The van der Waals surface area contributed by atoms with Crippen LogP contribution in [0.5, 0.6) is 0 Å². The van der Waals surface area contributed by atoms with Crippen LogP contribution in [0.25, 0.3) is 0 Å². The highest BCUT2D eigenvalue weighted by Crippen LogP contribution is 2.25. The van der Waals surface area contributed by atoms with Crippen molar-refractivity contribution in [1.82, 2.24) is 0 Å². The number of rotatable bonds is 12. The molecule has 1 aromatic carbocycles. The van der Waals surface area contributed by atoms with Crippen molar-refractivity contribution < 1.29 is 9.47 Å². The van der Waals surface area contributed by atoms with Gasteiger partial charge in [-0.15, -0.1) is 0 Å². The van der Waals surface area contributed by atoms with E-state index in [2.05, 4.69) is 35.8 Å². The number of hydrogen-bond acceptors (Lipinski definition) is 5. The van der Waals surface area contributed by atoms with Crippen molar-refractivity contribution in [2.24, 2.45) is 9.98 Å². The molecule has 26 heavy (non-hydrogen) atoms. The van der Waals surface area contributed by atoms with Crippen molar-refractivity contribution in [3.05, 3.63) is 58.0 Å². The minimum absolute atomic E-state index is 0.0322. The highest BCUT2D eigenvalue weighted by atomic mass is 32.2.